The van der Waals surface area contributed by atoms with Gasteiger partial charge in [-0.2, -0.15) is 0 Å². The van der Waals surface area contributed by atoms with Crippen LogP contribution in [-0.2, 0) is 4.79 Å². The maximum Gasteiger partial charge on any atom is 0.131 e. The predicted molar refractivity (Wildman–Crippen MR) is 59.4 cm³/mol. The lowest BCUT2D eigenvalue weighted by molar-refractivity contribution is -0.107. The summed E-state index contributed by atoms with van der Waals surface area (Å²) in [4.78, 5) is 10.1. The van der Waals surface area contributed by atoms with Crippen molar-refractivity contribution in [3.8, 4) is 11.8 Å². The number of rotatable bonds is 1. The summed E-state index contributed by atoms with van der Waals surface area (Å²) in [5.74, 6) is 5.82. The summed E-state index contributed by atoms with van der Waals surface area (Å²) in [7, 11) is 0. The fraction of sp³-hybridized carbons (Fsp3) is 0.0833. The van der Waals surface area contributed by atoms with Crippen molar-refractivity contribution in [3.05, 3.63) is 35.2 Å². The van der Waals surface area contributed by atoms with Crippen molar-refractivity contribution in [2.24, 2.45) is 0 Å². The van der Waals surface area contributed by atoms with E-state index in [-0.39, 0.29) is 0 Å². The van der Waals surface area contributed by atoms with Gasteiger partial charge in [0.05, 0.1) is 6.42 Å². The monoisotopic (exact) mass is 200 g/mol. The van der Waals surface area contributed by atoms with Crippen molar-refractivity contribution in [1.29, 1.82) is 0 Å². The van der Waals surface area contributed by atoms with Crippen LogP contribution in [0.2, 0.25) is 0 Å². The van der Waals surface area contributed by atoms with Gasteiger partial charge < -0.3 is 4.79 Å². The molecule has 0 aliphatic rings. The number of hydrogen-bond donors (Lipinski definition) is 0. The van der Waals surface area contributed by atoms with Crippen LogP contribution < -0.4 is 0 Å². The summed E-state index contributed by atoms with van der Waals surface area (Å²) in [6, 6.07) is 8.14. The fourth-order valence-corrected chi connectivity index (χ4v) is 2.16. The molecule has 1 heterocycles. The number of fused-ring (bicyclic) bond motifs is 1. The highest BCUT2D eigenvalue weighted by Gasteiger charge is 1.98. The van der Waals surface area contributed by atoms with Gasteiger partial charge in [-0.25, -0.2) is 0 Å². The summed E-state index contributed by atoms with van der Waals surface area (Å²) in [6.07, 6.45) is 1.13. The van der Waals surface area contributed by atoms with Crippen molar-refractivity contribution < 1.29 is 4.79 Å². The summed E-state index contributed by atoms with van der Waals surface area (Å²) < 4.78 is 1.24. The largest absolute Gasteiger partial charge is 0.302 e. The molecule has 0 N–H and O–H groups in total. The van der Waals surface area contributed by atoms with Crippen LogP contribution in [-0.4, -0.2) is 6.29 Å². The Kier molecular flexibility index (Phi) is 2.62. The standard InChI is InChI=1S/C12H8OS/c13-8-4-3-5-10-9-14-12-7-2-1-6-11(10)12/h1-2,6-9H,4H2. The third-order valence-electron chi connectivity index (χ3n) is 1.89. The fourth-order valence-electron chi connectivity index (χ4n) is 1.26. The first-order valence-corrected chi connectivity index (χ1v) is 5.18. The highest BCUT2D eigenvalue weighted by molar-refractivity contribution is 7.17. The van der Waals surface area contributed by atoms with Gasteiger partial charge in [0, 0.05) is 21.0 Å². The molecule has 0 atom stereocenters. The van der Waals surface area contributed by atoms with Crippen molar-refractivity contribution >= 4 is 27.7 Å². The molecule has 1 aromatic carbocycles. The minimum atomic E-state index is 0.310. The van der Waals surface area contributed by atoms with E-state index in [9.17, 15) is 4.79 Å². The number of carbonyl (C=O) groups excluding carboxylic acids is 1. The number of carbonyl (C=O) groups is 1. The number of benzene rings is 1. The van der Waals surface area contributed by atoms with Gasteiger partial charge in [-0.05, 0) is 6.07 Å². The first-order valence-electron chi connectivity index (χ1n) is 4.30. The van der Waals surface area contributed by atoms with Crippen molar-refractivity contribution in [2.75, 3.05) is 0 Å². The zero-order valence-electron chi connectivity index (χ0n) is 7.49. The molecule has 1 nitrogen and oxygen atoms in total. The zero-order chi connectivity index (χ0) is 9.80. The van der Waals surface area contributed by atoms with Gasteiger partial charge in [-0.1, -0.05) is 30.0 Å². The van der Waals surface area contributed by atoms with Crippen LogP contribution in [0.4, 0.5) is 0 Å². The lowest BCUT2D eigenvalue weighted by Gasteiger charge is -1.87. The quantitative estimate of drug-likeness (QED) is 0.511. The highest BCUT2D eigenvalue weighted by Crippen LogP contribution is 2.24. The van der Waals surface area contributed by atoms with Gasteiger partial charge in [0.25, 0.3) is 0 Å². The minimum Gasteiger partial charge on any atom is -0.302 e. The Labute approximate surface area is 86.4 Å². The van der Waals surface area contributed by atoms with E-state index in [1.165, 1.54) is 10.1 Å². The lowest BCUT2D eigenvalue weighted by atomic mass is 10.2. The average molecular weight is 200 g/mol. The molecule has 0 spiro atoms. The molecule has 0 saturated carbocycles. The van der Waals surface area contributed by atoms with Crippen LogP contribution in [0.15, 0.2) is 29.6 Å². The molecule has 2 rings (SSSR count). The van der Waals surface area contributed by atoms with E-state index in [0.29, 0.717) is 6.42 Å². The third-order valence-corrected chi connectivity index (χ3v) is 2.85. The maximum atomic E-state index is 10.1. The second kappa shape index (κ2) is 4.08. The smallest absolute Gasteiger partial charge is 0.131 e. The van der Waals surface area contributed by atoms with Crippen molar-refractivity contribution in [2.45, 2.75) is 6.42 Å². The molecule has 1 aromatic heterocycles. The van der Waals surface area contributed by atoms with E-state index < -0.39 is 0 Å². The minimum absolute atomic E-state index is 0.310. The van der Waals surface area contributed by atoms with Gasteiger partial charge in [0.2, 0.25) is 0 Å². The number of hydrogen-bond acceptors (Lipinski definition) is 2. The third kappa shape index (κ3) is 1.68. The molecule has 0 amide bonds. The Morgan fingerprint density at radius 3 is 3.07 bits per heavy atom. The molecule has 0 aliphatic heterocycles. The Morgan fingerprint density at radius 2 is 2.21 bits per heavy atom. The van der Waals surface area contributed by atoms with E-state index in [1.807, 2.05) is 17.5 Å². The van der Waals surface area contributed by atoms with Crippen LogP contribution in [0.1, 0.15) is 12.0 Å². The molecular weight excluding hydrogens is 192 g/mol. The predicted octanol–water partition coefficient (Wildman–Crippen LogP) is 2.84. The summed E-state index contributed by atoms with van der Waals surface area (Å²) in [6.45, 7) is 0. The van der Waals surface area contributed by atoms with Gasteiger partial charge in [-0.15, -0.1) is 11.3 Å². The molecule has 0 bridgehead atoms. The molecular formula is C12H8OS. The Morgan fingerprint density at radius 1 is 1.36 bits per heavy atom. The lowest BCUT2D eigenvalue weighted by Crippen LogP contribution is -1.71. The number of aldehydes is 1. The average Bonchev–Trinajstić information content (AvgIpc) is 2.63. The van der Waals surface area contributed by atoms with E-state index in [2.05, 4.69) is 24.0 Å². The highest BCUT2D eigenvalue weighted by atomic mass is 32.1. The summed E-state index contributed by atoms with van der Waals surface area (Å²) in [5, 5.41) is 3.21. The zero-order valence-corrected chi connectivity index (χ0v) is 8.30. The van der Waals surface area contributed by atoms with Gasteiger partial charge in [0.15, 0.2) is 0 Å². The maximum absolute atomic E-state index is 10.1. The van der Waals surface area contributed by atoms with E-state index in [4.69, 9.17) is 0 Å². The first-order chi connectivity index (χ1) is 6.92. The Hall–Kier alpha value is -1.59. The van der Waals surface area contributed by atoms with Crippen LogP contribution in [0.5, 0.6) is 0 Å². The van der Waals surface area contributed by atoms with Gasteiger partial charge in [-0.3, -0.25) is 0 Å². The summed E-state index contributed by atoms with van der Waals surface area (Å²) in [5.41, 5.74) is 1.02. The Bertz CT molecular complexity index is 514. The molecule has 0 radical (unpaired) electrons. The molecule has 0 fully saturated rings. The second-order valence-corrected chi connectivity index (χ2v) is 3.73. The van der Waals surface area contributed by atoms with Crippen LogP contribution in [0.3, 0.4) is 0 Å². The summed E-state index contributed by atoms with van der Waals surface area (Å²) >= 11 is 1.68. The molecule has 2 heteroatoms. The van der Waals surface area contributed by atoms with Crippen LogP contribution in [0.25, 0.3) is 10.1 Å². The van der Waals surface area contributed by atoms with Crippen molar-refractivity contribution in [1.82, 2.24) is 0 Å². The van der Waals surface area contributed by atoms with Crippen LogP contribution in [0, 0.1) is 11.8 Å². The molecule has 2 aromatic rings. The Balaban J connectivity index is 2.44. The van der Waals surface area contributed by atoms with Gasteiger partial charge >= 0.3 is 0 Å². The van der Waals surface area contributed by atoms with E-state index in [1.54, 1.807) is 11.3 Å². The normalized spacial score (nSPS) is 9.43. The van der Waals surface area contributed by atoms with E-state index >= 15 is 0 Å². The number of thiophene rings is 1. The van der Waals surface area contributed by atoms with Crippen LogP contribution >= 0.6 is 11.3 Å². The molecule has 0 unspecified atom stereocenters. The van der Waals surface area contributed by atoms with Crippen molar-refractivity contribution in [3.63, 3.8) is 0 Å². The molecule has 14 heavy (non-hydrogen) atoms. The SMILES string of the molecule is O=CCC#Cc1csc2ccccc12. The molecule has 68 valence electrons. The second-order valence-electron chi connectivity index (χ2n) is 2.82. The van der Waals surface area contributed by atoms with Gasteiger partial charge in [0.1, 0.15) is 6.29 Å². The van der Waals surface area contributed by atoms with E-state index in [0.717, 1.165) is 11.8 Å². The topological polar surface area (TPSA) is 17.1 Å². The molecule has 0 aliphatic carbocycles. The first kappa shape index (κ1) is 8.98. The molecule has 0 saturated heterocycles.